The number of hydrogen-bond donors (Lipinski definition) is 5. The van der Waals surface area contributed by atoms with Crippen LogP contribution >= 0.6 is 0 Å². The standard InChI is InChI=1S/C34H59N7O8/c1-10-22(6)30(34(49)35-15-23(7)42)39-32(47)26(14-20(2)3)38-28(44)17-37-31(46)25(21(4)5)16-36-33(48)27-12-11-13-41(27)29(45)19-40(9)18-24(8)43/h20-22,25-27,30H,10-19H2,1-9H3,(H,35,49)(H,36,48)(H,37,46)(H,38,44)(H,39,47). The molecule has 5 unspecified atom stereocenters. The van der Waals surface area contributed by atoms with Gasteiger partial charge in [0.15, 0.2) is 0 Å². The minimum absolute atomic E-state index is 0.00615. The summed E-state index contributed by atoms with van der Waals surface area (Å²) in [5.74, 6) is -4.11. The van der Waals surface area contributed by atoms with Gasteiger partial charge in [-0.05, 0) is 57.9 Å². The zero-order chi connectivity index (χ0) is 37.4. The molecule has 15 nitrogen and oxygen atoms in total. The van der Waals surface area contributed by atoms with Gasteiger partial charge in [-0.25, -0.2) is 0 Å². The molecule has 0 aromatic rings. The number of nitrogens with one attached hydrogen (secondary N) is 5. The highest BCUT2D eigenvalue weighted by Crippen LogP contribution is 2.19. The Morgan fingerprint density at radius 1 is 0.796 bits per heavy atom. The summed E-state index contributed by atoms with van der Waals surface area (Å²) in [6, 6.07) is -2.56. The van der Waals surface area contributed by atoms with Crippen LogP contribution in [0, 0.1) is 23.7 Å². The molecule has 1 fully saturated rings. The van der Waals surface area contributed by atoms with Crippen molar-refractivity contribution >= 4 is 47.0 Å². The number of rotatable bonds is 21. The van der Waals surface area contributed by atoms with Crippen LogP contribution in [-0.4, -0.2) is 121 Å². The Hall–Kier alpha value is -3.88. The molecule has 0 aromatic heterocycles. The van der Waals surface area contributed by atoms with E-state index in [0.29, 0.717) is 25.8 Å². The van der Waals surface area contributed by atoms with Gasteiger partial charge < -0.3 is 31.5 Å². The normalized spacial score (nSPS) is 16.8. The fourth-order valence-corrected chi connectivity index (χ4v) is 5.58. The second kappa shape index (κ2) is 21.3. The first-order valence-electron chi connectivity index (χ1n) is 17.3. The minimum atomic E-state index is -0.976. The Kier molecular flexibility index (Phi) is 18.7. The number of Topliss-reactive ketones (excluding diaryl/α,β-unsaturated/α-hetero) is 2. The Balaban J connectivity index is 2.82. The highest BCUT2D eigenvalue weighted by molar-refractivity contribution is 5.94. The van der Waals surface area contributed by atoms with Gasteiger partial charge in [-0.15, -0.1) is 0 Å². The Labute approximate surface area is 290 Å². The van der Waals surface area contributed by atoms with E-state index in [9.17, 15) is 38.4 Å². The molecule has 49 heavy (non-hydrogen) atoms. The maximum atomic E-state index is 13.3. The lowest BCUT2D eigenvalue weighted by Gasteiger charge is -2.28. The van der Waals surface area contributed by atoms with E-state index in [1.165, 1.54) is 18.7 Å². The van der Waals surface area contributed by atoms with Gasteiger partial charge in [-0.3, -0.25) is 43.3 Å². The summed E-state index contributed by atoms with van der Waals surface area (Å²) in [6.45, 7) is 13.9. The largest absolute Gasteiger partial charge is 0.353 e. The number of hydrogen-bond acceptors (Lipinski definition) is 9. The Bertz CT molecular complexity index is 1190. The first-order chi connectivity index (χ1) is 22.9. The quantitative estimate of drug-likeness (QED) is 0.108. The number of ketones is 2. The van der Waals surface area contributed by atoms with E-state index < -0.39 is 54.2 Å². The lowest BCUT2D eigenvalue weighted by Crippen LogP contribution is -2.57. The molecular formula is C34H59N7O8. The van der Waals surface area contributed by atoms with Crippen molar-refractivity contribution in [3.05, 3.63) is 0 Å². The number of carbonyl (C=O) groups is 8. The molecule has 0 aromatic carbocycles. The van der Waals surface area contributed by atoms with Gasteiger partial charge in [0.25, 0.3) is 0 Å². The number of carbonyl (C=O) groups excluding carboxylic acids is 8. The first-order valence-corrected chi connectivity index (χ1v) is 17.3. The van der Waals surface area contributed by atoms with Crippen LogP contribution in [0.1, 0.15) is 81.1 Å². The molecule has 0 aliphatic carbocycles. The van der Waals surface area contributed by atoms with Crippen molar-refractivity contribution in [3.63, 3.8) is 0 Å². The summed E-state index contributed by atoms with van der Waals surface area (Å²) >= 11 is 0. The highest BCUT2D eigenvalue weighted by Gasteiger charge is 2.35. The van der Waals surface area contributed by atoms with Crippen molar-refractivity contribution in [2.45, 2.75) is 99.2 Å². The molecule has 1 aliphatic heterocycles. The van der Waals surface area contributed by atoms with Crippen LogP contribution in [0.4, 0.5) is 0 Å². The molecule has 1 rings (SSSR count). The number of nitrogens with zero attached hydrogens (tertiary/aromatic N) is 2. The predicted octanol–water partition coefficient (Wildman–Crippen LogP) is -0.230. The van der Waals surface area contributed by atoms with Gasteiger partial charge in [-0.1, -0.05) is 48.0 Å². The zero-order valence-electron chi connectivity index (χ0n) is 30.8. The summed E-state index contributed by atoms with van der Waals surface area (Å²) < 4.78 is 0. The van der Waals surface area contributed by atoms with Crippen LogP contribution in [-0.2, 0) is 38.4 Å². The highest BCUT2D eigenvalue weighted by atomic mass is 16.2. The molecule has 0 saturated carbocycles. The molecule has 1 heterocycles. The molecular weight excluding hydrogens is 634 g/mol. The van der Waals surface area contributed by atoms with Crippen LogP contribution < -0.4 is 26.6 Å². The molecule has 0 spiro atoms. The SMILES string of the molecule is CCC(C)C(NC(=O)C(CC(C)C)NC(=O)CNC(=O)C(CNC(=O)C1CCCN1C(=O)CN(C)CC(C)=O)C(C)C)C(=O)NCC(C)=O. The van der Waals surface area contributed by atoms with Crippen molar-refractivity contribution in [2.24, 2.45) is 23.7 Å². The molecule has 5 N–H and O–H groups in total. The first kappa shape index (κ1) is 43.1. The second-order valence-corrected chi connectivity index (χ2v) is 14.0. The van der Waals surface area contributed by atoms with E-state index in [1.54, 1.807) is 18.9 Å². The summed E-state index contributed by atoms with van der Waals surface area (Å²) in [7, 11) is 1.67. The van der Waals surface area contributed by atoms with Gasteiger partial charge in [-0.2, -0.15) is 0 Å². The topological polar surface area (TPSA) is 203 Å². The van der Waals surface area contributed by atoms with Gasteiger partial charge in [0.1, 0.15) is 29.7 Å². The van der Waals surface area contributed by atoms with Crippen LogP contribution in [0.15, 0.2) is 0 Å². The van der Waals surface area contributed by atoms with Gasteiger partial charge in [0, 0.05) is 13.1 Å². The smallest absolute Gasteiger partial charge is 0.243 e. The van der Waals surface area contributed by atoms with E-state index >= 15 is 0 Å². The summed E-state index contributed by atoms with van der Waals surface area (Å²) in [6.07, 6.45) is 2.01. The number of likely N-dealkylation sites (N-methyl/N-ethyl adjacent to an activating group) is 1. The van der Waals surface area contributed by atoms with Crippen molar-refractivity contribution in [1.82, 2.24) is 36.4 Å². The molecule has 0 radical (unpaired) electrons. The van der Waals surface area contributed by atoms with Gasteiger partial charge >= 0.3 is 0 Å². The maximum Gasteiger partial charge on any atom is 0.243 e. The van der Waals surface area contributed by atoms with E-state index in [1.807, 2.05) is 34.6 Å². The zero-order valence-corrected chi connectivity index (χ0v) is 30.8. The summed E-state index contributed by atoms with van der Waals surface area (Å²) in [5, 5.41) is 13.3. The van der Waals surface area contributed by atoms with Crippen molar-refractivity contribution in [1.29, 1.82) is 0 Å². The van der Waals surface area contributed by atoms with E-state index in [2.05, 4.69) is 26.6 Å². The monoisotopic (exact) mass is 693 g/mol. The predicted molar refractivity (Wildman–Crippen MR) is 184 cm³/mol. The van der Waals surface area contributed by atoms with E-state index in [4.69, 9.17) is 0 Å². The number of likely N-dealkylation sites (tertiary alicyclic amines) is 1. The third kappa shape index (κ3) is 15.5. The average molecular weight is 694 g/mol. The van der Waals surface area contributed by atoms with Crippen molar-refractivity contribution in [3.8, 4) is 0 Å². The van der Waals surface area contributed by atoms with E-state index in [-0.39, 0.29) is 73.7 Å². The molecule has 15 heteroatoms. The molecule has 0 bridgehead atoms. The molecule has 1 aliphatic rings. The maximum absolute atomic E-state index is 13.3. The molecule has 1 saturated heterocycles. The molecule has 5 atom stereocenters. The fourth-order valence-electron chi connectivity index (χ4n) is 5.58. The third-order valence-electron chi connectivity index (χ3n) is 8.50. The lowest BCUT2D eigenvalue weighted by molar-refractivity contribution is -0.139. The molecule has 278 valence electrons. The van der Waals surface area contributed by atoms with Gasteiger partial charge in [0.05, 0.1) is 32.1 Å². The van der Waals surface area contributed by atoms with Crippen LogP contribution in [0.5, 0.6) is 0 Å². The summed E-state index contributed by atoms with van der Waals surface area (Å²) in [4.78, 5) is 104. The molecule has 6 amide bonds. The average Bonchev–Trinajstić information content (AvgIpc) is 3.50. The second-order valence-electron chi connectivity index (χ2n) is 14.0. The van der Waals surface area contributed by atoms with Crippen LogP contribution in [0.3, 0.4) is 0 Å². The fraction of sp³-hybridized carbons (Fsp3) is 0.765. The summed E-state index contributed by atoms with van der Waals surface area (Å²) in [5.41, 5.74) is 0. The van der Waals surface area contributed by atoms with Crippen molar-refractivity contribution < 1.29 is 38.4 Å². The Morgan fingerprint density at radius 2 is 1.43 bits per heavy atom. The van der Waals surface area contributed by atoms with Crippen molar-refractivity contribution in [2.75, 3.05) is 46.3 Å². The number of amides is 6. The minimum Gasteiger partial charge on any atom is -0.353 e. The van der Waals surface area contributed by atoms with Crippen LogP contribution in [0.25, 0.3) is 0 Å². The van der Waals surface area contributed by atoms with Gasteiger partial charge in [0.2, 0.25) is 35.4 Å². The lowest BCUT2D eigenvalue weighted by atomic mass is 9.94. The van der Waals surface area contributed by atoms with Crippen LogP contribution in [0.2, 0.25) is 0 Å². The third-order valence-corrected chi connectivity index (χ3v) is 8.50. The van der Waals surface area contributed by atoms with E-state index in [0.717, 1.165) is 0 Å². The Morgan fingerprint density at radius 3 is 1.98 bits per heavy atom.